The first-order valence-corrected chi connectivity index (χ1v) is 21.7. The van der Waals surface area contributed by atoms with Gasteiger partial charge in [-0.2, -0.15) is 0 Å². The Bertz CT molecular complexity index is 2650. The van der Waals surface area contributed by atoms with E-state index in [9.17, 15) is 19.2 Å². The third kappa shape index (κ3) is 7.82. The fraction of sp³-hybridized carbons (Fsp3) is 0.286. The lowest BCUT2D eigenvalue weighted by Gasteiger charge is -2.12. The number of rotatable bonds is 11. The summed E-state index contributed by atoms with van der Waals surface area (Å²) in [6.45, 7) is 7.54. The molecule has 16 nitrogen and oxygen atoms in total. The van der Waals surface area contributed by atoms with Crippen LogP contribution >= 0.6 is 45.9 Å². The van der Waals surface area contributed by atoms with E-state index in [0.29, 0.717) is 86.8 Å². The number of hydrogen-bond acceptors (Lipinski definition) is 14. The molecule has 6 aromatic rings. The molecule has 0 aliphatic carbocycles. The van der Waals surface area contributed by atoms with E-state index >= 15 is 0 Å². The molecule has 2 aliphatic heterocycles. The highest BCUT2D eigenvalue weighted by Gasteiger charge is 2.36. The second-order valence-electron chi connectivity index (χ2n) is 14.4. The molecule has 1 unspecified atom stereocenters. The number of nitrogens with one attached hydrogen (secondary N) is 2. The lowest BCUT2D eigenvalue weighted by atomic mass is 9.99. The number of ether oxygens (including phenoxy) is 2. The number of carbonyl (C=O) groups excluding carboxylic acids is 4. The van der Waals surface area contributed by atoms with Crippen molar-refractivity contribution >= 4 is 81.1 Å². The molecule has 2 aromatic carbocycles. The maximum Gasteiger partial charge on any atom is 0.308 e. The van der Waals surface area contributed by atoms with Gasteiger partial charge in [0.25, 0.3) is 11.8 Å². The minimum atomic E-state index is -0.710. The van der Waals surface area contributed by atoms with Crippen molar-refractivity contribution in [1.29, 1.82) is 0 Å². The Balaban J connectivity index is 1.06. The van der Waals surface area contributed by atoms with Crippen LogP contribution in [0.3, 0.4) is 0 Å². The van der Waals surface area contributed by atoms with E-state index in [4.69, 9.17) is 42.7 Å². The van der Waals surface area contributed by atoms with Crippen LogP contribution in [0.1, 0.15) is 101 Å². The van der Waals surface area contributed by atoms with Crippen LogP contribution in [0, 0.1) is 27.7 Å². The predicted molar refractivity (Wildman–Crippen MR) is 235 cm³/mol. The third-order valence-electron chi connectivity index (χ3n) is 10.5. The molecule has 2 aliphatic rings. The first kappa shape index (κ1) is 42.6. The summed E-state index contributed by atoms with van der Waals surface area (Å²) >= 11 is 15.0. The van der Waals surface area contributed by atoms with E-state index in [-0.39, 0.29) is 37.7 Å². The van der Waals surface area contributed by atoms with Crippen molar-refractivity contribution in [1.82, 2.24) is 40.2 Å². The summed E-state index contributed by atoms with van der Waals surface area (Å²) in [4.78, 5) is 64.0. The van der Waals surface area contributed by atoms with Gasteiger partial charge in [-0.15, -0.1) is 43.1 Å². The van der Waals surface area contributed by atoms with Gasteiger partial charge in [-0.1, -0.05) is 47.5 Å². The lowest BCUT2D eigenvalue weighted by molar-refractivity contribution is -0.142. The Morgan fingerprint density at radius 3 is 1.34 bits per heavy atom. The number of aromatic nitrogens is 6. The van der Waals surface area contributed by atoms with Gasteiger partial charge in [0.1, 0.15) is 33.7 Å². The number of amides is 2. The molecule has 20 heteroatoms. The SMILES string of the molecule is COC(=O)CC1N=C(c2ccc(Cl)cc2)c2c(sc(C(=O)NCCNC(=O)c3sc4c(c3C)C(c3ccc(Cl)cc3)=N[C@@H](CC(=O)OC)c3nnc(C)n3-4)c2C)-n2c(C)nnc21. The molecule has 0 bridgehead atoms. The number of hydrogen-bond donors (Lipinski definition) is 2. The standard InChI is InChI=1S/C42H38Cl2N10O6S2/c1-19-31-33(23-7-11-25(43)12-8-23)47-27(17-29(55)59-5)37-51-49-21(3)53(37)41(31)61-35(19)39(57)45-15-16-46-40(58)36-20(2)32-34(24-9-13-26(44)14-10-24)48-28(18-30(56)60-6)38-52-50-22(4)54(38)42(32)62-36/h7-14,27-28H,15-18H2,1-6H3,(H,45,57)(H,46,58)/t27-,28?/m0/s1. The van der Waals surface area contributed by atoms with Crippen LogP contribution in [0.25, 0.3) is 10.0 Å². The lowest BCUT2D eigenvalue weighted by Crippen LogP contribution is -2.34. The minimum absolute atomic E-state index is 0.0670. The molecule has 318 valence electrons. The number of esters is 2. The zero-order valence-corrected chi connectivity index (χ0v) is 37.3. The summed E-state index contributed by atoms with van der Waals surface area (Å²) in [7, 11) is 2.64. The molecule has 62 heavy (non-hydrogen) atoms. The highest BCUT2D eigenvalue weighted by Crippen LogP contribution is 2.42. The Kier molecular flexibility index (Phi) is 11.9. The highest BCUT2D eigenvalue weighted by atomic mass is 35.5. The quantitative estimate of drug-likeness (QED) is 0.106. The van der Waals surface area contributed by atoms with Crippen LogP contribution in [-0.2, 0) is 19.1 Å². The monoisotopic (exact) mass is 912 g/mol. The largest absolute Gasteiger partial charge is 0.469 e. The number of halogens is 2. The van der Waals surface area contributed by atoms with E-state index in [1.165, 1.54) is 36.9 Å². The first-order valence-electron chi connectivity index (χ1n) is 19.3. The summed E-state index contributed by atoms with van der Waals surface area (Å²) in [6.07, 6.45) is -0.134. The van der Waals surface area contributed by atoms with E-state index in [1.807, 2.05) is 47.2 Å². The number of nitrogens with zero attached hydrogens (tertiary/aromatic N) is 8. The zero-order chi connectivity index (χ0) is 44.0. The number of aryl methyl sites for hydroxylation is 2. The molecule has 0 spiro atoms. The minimum Gasteiger partial charge on any atom is -0.469 e. The van der Waals surface area contributed by atoms with Gasteiger partial charge in [0.2, 0.25) is 0 Å². The number of benzene rings is 2. The molecule has 4 aromatic heterocycles. The van der Waals surface area contributed by atoms with E-state index in [2.05, 4.69) is 31.0 Å². The molecule has 0 saturated carbocycles. The summed E-state index contributed by atoms with van der Waals surface area (Å²) in [6, 6.07) is 13.0. The van der Waals surface area contributed by atoms with Gasteiger partial charge in [0, 0.05) is 45.4 Å². The molecule has 2 atom stereocenters. The predicted octanol–water partition coefficient (Wildman–Crippen LogP) is 6.58. The van der Waals surface area contributed by atoms with Gasteiger partial charge < -0.3 is 20.1 Å². The number of fused-ring (bicyclic) bond motifs is 6. The van der Waals surface area contributed by atoms with Crippen molar-refractivity contribution in [3.63, 3.8) is 0 Å². The molecular formula is C42H38Cl2N10O6S2. The van der Waals surface area contributed by atoms with E-state index < -0.39 is 24.0 Å². The Hall–Kier alpha value is -6.08. The Morgan fingerprint density at radius 1 is 0.613 bits per heavy atom. The maximum absolute atomic E-state index is 14.0. The topological polar surface area (TPSA) is 197 Å². The molecule has 2 N–H and O–H groups in total. The van der Waals surface area contributed by atoms with Gasteiger partial charge in [-0.05, 0) is 63.1 Å². The van der Waals surface area contributed by atoms with Crippen molar-refractivity contribution in [2.45, 2.75) is 52.6 Å². The Morgan fingerprint density at radius 2 is 0.984 bits per heavy atom. The van der Waals surface area contributed by atoms with Gasteiger partial charge in [0.05, 0.1) is 48.2 Å². The van der Waals surface area contributed by atoms with Gasteiger partial charge in [-0.3, -0.25) is 38.3 Å². The Labute approximate surface area is 373 Å². The van der Waals surface area contributed by atoms with Crippen LogP contribution in [0.2, 0.25) is 10.0 Å². The van der Waals surface area contributed by atoms with Crippen molar-refractivity contribution in [2.24, 2.45) is 9.98 Å². The van der Waals surface area contributed by atoms with Gasteiger partial charge in [-0.25, -0.2) is 0 Å². The van der Waals surface area contributed by atoms with Crippen LogP contribution in [-0.4, -0.2) is 92.0 Å². The normalized spacial score (nSPS) is 15.2. The number of carbonyl (C=O) groups is 4. The fourth-order valence-electron chi connectivity index (χ4n) is 7.47. The zero-order valence-electron chi connectivity index (χ0n) is 34.2. The maximum atomic E-state index is 14.0. The average Bonchev–Trinajstić information content (AvgIpc) is 3.98. The summed E-state index contributed by atoms with van der Waals surface area (Å²) in [5.41, 5.74) is 5.35. The van der Waals surface area contributed by atoms with E-state index in [0.717, 1.165) is 11.1 Å². The smallest absolute Gasteiger partial charge is 0.308 e. The molecular weight excluding hydrogens is 876 g/mol. The molecule has 0 saturated heterocycles. The number of thiophene rings is 2. The third-order valence-corrected chi connectivity index (χ3v) is 13.6. The van der Waals surface area contributed by atoms with Crippen LogP contribution in [0.4, 0.5) is 0 Å². The van der Waals surface area contributed by atoms with Crippen molar-refractivity contribution in [2.75, 3.05) is 27.3 Å². The van der Waals surface area contributed by atoms with Crippen molar-refractivity contribution in [3.05, 3.63) is 125 Å². The van der Waals surface area contributed by atoms with Gasteiger partial charge >= 0.3 is 11.9 Å². The van der Waals surface area contributed by atoms with Crippen LogP contribution in [0.5, 0.6) is 0 Å². The second-order valence-corrected chi connectivity index (χ2v) is 17.3. The second kappa shape index (κ2) is 17.4. The van der Waals surface area contributed by atoms with Gasteiger partial charge in [0.15, 0.2) is 11.6 Å². The number of methoxy groups -OCH3 is 2. The summed E-state index contributed by atoms with van der Waals surface area (Å²) in [5.74, 6) is 0.403. The molecule has 2 amide bonds. The molecule has 0 radical (unpaired) electrons. The molecule has 6 heterocycles. The molecule has 8 rings (SSSR count). The van der Waals surface area contributed by atoms with Crippen molar-refractivity contribution in [3.8, 4) is 10.0 Å². The summed E-state index contributed by atoms with van der Waals surface area (Å²) in [5, 5.41) is 25.8. The highest BCUT2D eigenvalue weighted by molar-refractivity contribution is 7.17. The fourth-order valence-corrected chi connectivity index (χ4v) is 10.3. The van der Waals surface area contributed by atoms with E-state index in [1.54, 1.807) is 38.1 Å². The summed E-state index contributed by atoms with van der Waals surface area (Å²) < 4.78 is 13.7. The van der Waals surface area contributed by atoms with Crippen LogP contribution in [0.15, 0.2) is 58.5 Å². The average molecular weight is 914 g/mol. The van der Waals surface area contributed by atoms with Crippen molar-refractivity contribution < 1.29 is 28.7 Å². The first-order chi connectivity index (χ1) is 29.8. The number of aliphatic imine (C=N–C) groups is 2. The molecule has 0 fully saturated rings. The van der Waals surface area contributed by atoms with Crippen LogP contribution < -0.4 is 10.6 Å².